The van der Waals surface area contributed by atoms with Crippen molar-refractivity contribution in [3.05, 3.63) is 70.0 Å². The summed E-state index contributed by atoms with van der Waals surface area (Å²) in [5, 5.41) is 15.5. The zero-order chi connectivity index (χ0) is 22.4. The molecule has 0 unspecified atom stereocenters. The van der Waals surface area contributed by atoms with E-state index in [1.807, 2.05) is 18.4 Å². The van der Waals surface area contributed by atoms with E-state index in [-0.39, 0.29) is 17.6 Å². The van der Waals surface area contributed by atoms with Crippen LogP contribution >= 0.6 is 35.0 Å². The highest BCUT2D eigenvalue weighted by Crippen LogP contribution is 2.24. The van der Waals surface area contributed by atoms with Crippen molar-refractivity contribution in [3.8, 4) is 0 Å². The number of amides is 2. The van der Waals surface area contributed by atoms with Crippen molar-refractivity contribution in [2.45, 2.75) is 31.6 Å². The van der Waals surface area contributed by atoms with Gasteiger partial charge in [0.25, 0.3) is 5.91 Å². The van der Waals surface area contributed by atoms with Crippen LogP contribution in [0.25, 0.3) is 0 Å². The van der Waals surface area contributed by atoms with Gasteiger partial charge in [0.2, 0.25) is 5.91 Å². The zero-order valence-electron chi connectivity index (χ0n) is 16.9. The number of hydrogen-bond acceptors (Lipinski definition) is 5. The Bertz CT molecular complexity index is 1090. The Morgan fingerprint density at radius 1 is 1.06 bits per heavy atom. The van der Waals surface area contributed by atoms with E-state index in [4.69, 9.17) is 23.2 Å². The number of halogens is 2. The van der Waals surface area contributed by atoms with E-state index in [1.165, 1.54) is 11.8 Å². The van der Waals surface area contributed by atoms with Crippen molar-refractivity contribution in [2.75, 3.05) is 11.1 Å². The molecule has 0 bridgehead atoms. The molecule has 1 aromatic heterocycles. The molecule has 2 amide bonds. The van der Waals surface area contributed by atoms with Crippen molar-refractivity contribution in [1.82, 2.24) is 20.1 Å². The summed E-state index contributed by atoms with van der Waals surface area (Å²) in [6, 6.07) is 13.5. The maximum absolute atomic E-state index is 12.5. The number of carbonyl (C=O) groups is 2. The predicted molar refractivity (Wildman–Crippen MR) is 124 cm³/mol. The highest BCUT2D eigenvalue weighted by Gasteiger charge is 2.21. The van der Waals surface area contributed by atoms with Gasteiger partial charge >= 0.3 is 0 Å². The summed E-state index contributed by atoms with van der Waals surface area (Å²) in [5.74, 6) is 0.239. The van der Waals surface area contributed by atoms with Crippen LogP contribution in [0, 0.1) is 0 Å². The first kappa shape index (κ1) is 23.1. The van der Waals surface area contributed by atoms with Crippen LogP contribution in [-0.2, 0) is 11.3 Å². The van der Waals surface area contributed by atoms with E-state index >= 15 is 0 Å². The number of thioether (sulfide) groups is 1. The highest BCUT2D eigenvalue weighted by atomic mass is 35.5. The average molecular weight is 478 g/mol. The number of benzene rings is 2. The third kappa shape index (κ3) is 5.78. The van der Waals surface area contributed by atoms with Crippen LogP contribution in [0.4, 0.5) is 5.69 Å². The van der Waals surface area contributed by atoms with Crippen molar-refractivity contribution in [2.24, 2.45) is 0 Å². The summed E-state index contributed by atoms with van der Waals surface area (Å²) in [6.45, 7) is 4.36. The molecule has 0 aliphatic rings. The molecule has 162 valence electrons. The Hall–Kier alpha value is -2.55. The molecule has 1 atom stereocenters. The monoisotopic (exact) mass is 477 g/mol. The maximum atomic E-state index is 12.5. The van der Waals surface area contributed by atoms with E-state index in [1.54, 1.807) is 48.5 Å². The Morgan fingerprint density at radius 3 is 2.42 bits per heavy atom. The number of para-hydroxylation sites is 1. The number of anilines is 1. The summed E-state index contributed by atoms with van der Waals surface area (Å²) in [5.41, 5.74) is 0.952. The van der Waals surface area contributed by atoms with Gasteiger partial charge < -0.3 is 15.2 Å². The van der Waals surface area contributed by atoms with Gasteiger partial charge in [-0.3, -0.25) is 9.59 Å². The summed E-state index contributed by atoms with van der Waals surface area (Å²) in [6.07, 6.45) is 0. The van der Waals surface area contributed by atoms with Gasteiger partial charge in [-0.05, 0) is 38.1 Å². The Morgan fingerprint density at radius 2 is 1.74 bits per heavy atom. The quantitative estimate of drug-likeness (QED) is 0.453. The molecular weight excluding hydrogens is 457 g/mol. The third-order valence-corrected chi connectivity index (χ3v) is 6.02. The lowest BCUT2D eigenvalue weighted by atomic mass is 10.2. The topological polar surface area (TPSA) is 88.9 Å². The summed E-state index contributed by atoms with van der Waals surface area (Å²) in [4.78, 5) is 24.8. The van der Waals surface area contributed by atoms with E-state index < -0.39 is 6.04 Å². The number of hydrogen-bond donors (Lipinski definition) is 2. The lowest BCUT2D eigenvalue weighted by Crippen LogP contribution is -2.29. The number of carbonyl (C=O) groups excluding carboxylic acids is 2. The molecule has 0 fully saturated rings. The molecule has 3 aromatic rings. The number of nitrogens with one attached hydrogen (secondary N) is 2. The molecule has 2 aromatic carbocycles. The molecule has 0 saturated heterocycles. The molecule has 2 N–H and O–H groups in total. The molecule has 0 saturated carbocycles. The largest absolute Gasteiger partial charge is 0.342 e. The first-order valence-electron chi connectivity index (χ1n) is 9.56. The number of nitrogens with zero attached hydrogens (tertiary/aromatic N) is 3. The van der Waals surface area contributed by atoms with Gasteiger partial charge in [-0.15, -0.1) is 10.2 Å². The van der Waals surface area contributed by atoms with E-state index in [0.29, 0.717) is 38.8 Å². The predicted octanol–water partition coefficient (Wildman–Crippen LogP) is 4.83. The van der Waals surface area contributed by atoms with Crippen LogP contribution in [0.1, 0.15) is 36.1 Å². The molecule has 10 heteroatoms. The Kier molecular flexibility index (Phi) is 7.95. The zero-order valence-corrected chi connectivity index (χ0v) is 19.3. The van der Waals surface area contributed by atoms with Gasteiger partial charge in [0, 0.05) is 6.54 Å². The van der Waals surface area contributed by atoms with Gasteiger partial charge in [-0.2, -0.15) is 0 Å². The highest BCUT2D eigenvalue weighted by molar-refractivity contribution is 7.99. The van der Waals surface area contributed by atoms with Crippen LogP contribution in [0.15, 0.2) is 53.7 Å². The standard InChI is InChI=1S/C21H21Cl2N5O2S/c1-3-28-19(13(2)24-20(30)14-8-4-5-9-15(14)22)26-27-21(28)31-12-18(29)25-17-11-7-6-10-16(17)23/h4-11,13H,3,12H2,1-2H3,(H,24,30)(H,25,29)/t13-/m0/s1. The van der Waals surface area contributed by atoms with Crippen LogP contribution in [0.5, 0.6) is 0 Å². The second-order valence-corrected chi connectivity index (χ2v) is 8.33. The fourth-order valence-electron chi connectivity index (χ4n) is 2.89. The molecule has 0 spiro atoms. The van der Waals surface area contributed by atoms with Gasteiger partial charge in [0.05, 0.1) is 33.1 Å². The minimum atomic E-state index is -0.400. The maximum Gasteiger partial charge on any atom is 0.253 e. The molecule has 31 heavy (non-hydrogen) atoms. The van der Waals surface area contributed by atoms with Crippen molar-refractivity contribution in [1.29, 1.82) is 0 Å². The second-order valence-electron chi connectivity index (χ2n) is 6.58. The molecular formula is C21H21Cl2N5O2S. The minimum Gasteiger partial charge on any atom is -0.342 e. The Balaban J connectivity index is 1.64. The molecule has 0 aliphatic carbocycles. The summed E-state index contributed by atoms with van der Waals surface area (Å²) in [7, 11) is 0. The number of rotatable bonds is 8. The van der Waals surface area contributed by atoms with Gasteiger partial charge in [0.15, 0.2) is 11.0 Å². The fraction of sp³-hybridized carbons (Fsp3) is 0.238. The number of aromatic nitrogens is 3. The molecule has 7 nitrogen and oxygen atoms in total. The molecule has 0 radical (unpaired) electrons. The van der Waals surface area contributed by atoms with Crippen LogP contribution < -0.4 is 10.6 Å². The van der Waals surface area contributed by atoms with E-state index in [9.17, 15) is 9.59 Å². The van der Waals surface area contributed by atoms with Crippen molar-refractivity contribution in [3.63, 3.8) is 0 Å². The summed E-state index contributed by atoms with van der Waals surface area (Å²) >= 11 is 13.4. The third-order valence-electron chi connectivity index (χ3n) is 4.40. The smallest absolute Gasteiger partial charge is 0.253 e. The fourth-order valence-corrected chi connectivity index (χ4v) is 4.10. The van der Waals surface area contributed by atoms with Crippen LogP contribution in [-0.4, -0.2) is 32.3 Å². The first-order chi connectivity index (χ1) is 14.9. The van der Waals surface area contributed by atoms with Crippen molar-refractivity contribution >= 4 is 52.5 Å². The average Bonchev–Trinajstić information content (AvgIpc) is 3.17. The van der Waals surface area contributed by atoms with E-state index in [2.05, 4.69) is 20.8 Å². The van der Waals surface area contributed by atoms with Crippen LogP contribution in [0.2, 0.25) is 10.0 Å². The molecule has 3 rings (SSSR count). The molecule has 1 heterocycles. The molecule has 0 aliphatic heterocycles. The minimum absolute atomic E-state index is 0.143. The van der Waals surface area contributed by atoms with Crippen LogP contribution in [0.3, 0.4) is 0 Å². The SMILES string of the molecule is CCn1c(SCC(=O)Nc2ccccc2Cl)nnc1[C@H](C)NC(=O)c1ccccc1Cl. The van der Waals surface area contributed by atoms with Gasteiger partial charge in [0.1, 0.15) is 0 Å². The summed E-state index contributed by atoms with van der Waals surface area (Å²) < 4.78 is 1.87. The second kappa shape index (κ2) is 10.7. The Labute approximate surface area is 194 Å². The first-order valence-corrected chi connectivity index (χ1v) is 11.3. The van der Waals surface area contributed by atoms with Gasteiger partial charge in [-0.25, -0.2) is 0 Å². The van der Waals surface area contributed by atoms with Crippen molar-refractivity contribution < 1.29 is 9.59 Å². The lowest BCUT2D eigenvalue weighted by molar-refractivity contribution is -0.113. The lowest BCUT2D eigenvalue weighted by Gasteiger charge is -2.15. The van der Waals surface area contributed by atoms with Gasteiger partial charge in [-0.1, -0.05) is 59.2 Å². The normalized spacial score (nSPS) is 11.7. The van der Waals surface area contributed by atoms with E-state index in [0.717, 1.165) is 0 Å².